The summed E-state index contributed by atoms with van der Waals surface area (Å²) in [7, 11) is 0. The first-order valence-electron chi connectivity index (χ1n) is 5.74. The Kier molecular flexibility index (Phi) is 4.30. The number of hydrogen-bond donors (Lipinski definition) is 1. The van der Waals surface area contributed by atoms with E-state index in [4.69, 9.17) is 4.74 Å². The second-order valence-corrected chi connectivity index (χ2v) is 5.23. The maximum Gasteiger partial charge on any atom is 0.123 e. The Labute approximate surface area is 98.2 Å². The summed E-state index contributed by atoms with van der Waals surface area (Å²) in [5, 5.41) is 3.33. The summed E-state index contributed by atoms with van der Waals surface area (Å²) in [5.74, 6) is 0.878. The van der Waals surface area contributed by atoms with E-state index in [0.717, 1.165) is 18.0 Å². The molecule has 0 unspecified atom stereocenters. The summed E-state index contributed by atoms with van der Waals surface area (Å²) in [6.07, 6.45) is 1.79. The topological polar surface area (TPSA) is 34.1 Å². The monoisotopic (exact) mass is 222 g/mol. The number of nitrogens with zero attached hydrogens (tertiary/aromatic N) is 1. The van der Waals surface area contributed by atoms with E-state index in [1.807, 2.05) is 32.9 Å². The fraction of sp³-hybridized carbons (Fsp3) is 0.615. The molecule has 0 spiro atoms. The molecule has 16 heavy (non-hydrogen) atoms. The van der Waals surface area contributed by atoms with Gasteiger partial charge < -0.3 is 10.1 Å². The van der Waals surface area contributed by atoms with Gasteiger partial charge in [0.05, 0.1) is 5.69 Å². The van der Waals surface area contributed by atoms with Crippen molar-refractivity contribution in [3.63, 3.8) is 0 Å². The molecular formula is C13H22N2O. The van der Waals surface area contributed by atoms with Gasteiger partial charge >= 0.3 is 0 Å². The molecule has 3 heteroatoms. The Morgan fingerprint density at radius 1 is 1.38 bits per heavy atom. The van der Waals surface area contributed by atoms with Gasteiger partial charge in [-0.2, -0.15) is 0 Å². The van der Waals surface area contributed by atoms with Crippen LogP contribution < -0.4 is 10.1 Å². The third-order valence-electron chi connectivity index (χ3n) is 1.90. The Balaban J connectivity index is 2.64. The molecule has 0 aliphatic rings. The number of rotatable bonds is 4. The van der Waals surface area contributed by atoms with Gasteiger partial charge in [0.1, 0.15) is 11.4 Å². The first-order chi connectivity index (χ1) is 7.37. The third-order valence-corrected chi connectivity index (χ3v) is 1.90. The zero-order chi connectivity index (χ0) is 12.2. The lowest BCUT2D eigenvalue weighted by Crippen LogP contribution is -2.24. The summed E-state index contributed by atoms with van der Waals surface area (Å²) in [6.45, 7) is 11.1. The van der Waals surface area contributed by atoms with E-state index in [1.54, 1.807) is 6.20 Å². The molecule has 0 amide bonds. The SMILES string of the molecule is CC(C)NCc1cc(OC(C)(C)C)ccn1. The highest BCUT2D eigenvalue weighted by Crippen LogP contribution is 2.17. The molecule has 1 N–H and O–H groups in total. The van der Waals surface area contributed by atoms with Crippen LogP contribution in [0.4, 0.5) is 0 Å². The lowest BCUT2D eigenvalue weighted by molar-refractivity contribution is 0.130. The van der Waals surface area contributed by atoms with Crippen molar-refractivity contribution in [3.8, 4) is 5.75 Å². The molecule has 1 rings (SSSR count). The van der Waals surface area contributed by atoms with Gasteiger partial charge in [-0.05, 0) is 26.8 Å². The van der Waals surface area contributed by atoms with Gasteiger partial charge in [-0.3, -0.25) is 4.98 Å². The quantitative estimate of drug-likeness (QED) is 0.850. The number of aromatic nitrogens is 1. The Morgan fingerprint density at radius 2 is 2.06 bits per heavy atom. The van der Waals surface area contributed by atoms with E-state index in [0.29, 0.717) is 6.04 Å². The van der Waals surface area contributed by atoms with Crippen molar-refractivity contribution in [2.45, 2.75) is 52.8 Å². The Hall–Kier alpha value is -1.09. The molecule has 0 saturated carbocycles. The summed E-state index contributed by atoms with van der Waals surface area (Å²) in [4.78, 5) is 4.30. The molecule has 0 saturated heterocycles. The van der Waals surface area contributed by atoms with Crippen molar-refractivity contribution in [3.05, 3.63) is 24.0 Å². The fourth-order valence-electron chi connectivity index (χ4n) is 1.28. The van der Waals surface area contributed by atoms with E-state index in [2.05, 4.69) is 24.1 Å². The molecule has 0 radical (unpaired) electrons. The highest BCUT2D eigenvalue weighted by atomic mass is 16.5. The maximum absolute atomic E-state index is 5.78. The second-order valence-electron chi connectivity index (χ2n) is 5.23. The van der Waals surface area contributed by atoms with Crippen LogP contribution in [0, 0.1) is 0 Å². The van der Waals surface area contributed by atoms with Gasteiger partial charge in [-0.25, -0.2) is 0 Å². The molecule has 1 heterocycles. The first kappa shape index (κ1) is 13.0. The van der Waals surface area contributed by atoms with Crippen molar-refractivity contribution in [1.82, 2.24) is 10.3 Å². The predicted molar refractivity (Wildman–Crippen MR) is 66.6 cm³/mol. The molecule has 0 aliphatic carbocycles. The molecule has 0 bridgehead atoms. The minimum absolute atomic E-state index is 0.163. The van der Waals surface area contributed by atoms with Gasteiger partial charge in [0, 0.05) is 24.8 Å². The molecule has 1 aromatic rings. The third kappa shape index (κ3) is 5.12. The second kappa shape index (κ2) is 5.30. The van der Waals surface area contributed by atoms with Crippen LogP contribution in [0.1, 0.15) is 40.3 Å². The van der Waals surface area contributed by atoms with Crippen molar-refractivity contribution in [2.75, 3.05) is 0 Å². The lowest BCUT2D eigenvalue weighted by Gasteiger charge is -2.21. The minimum Gasteiger partial charge on any atom is -0.488 e. The van der Waals surface area contributed by atoms with E-state index in [9.17, 15) is 0 Å². The van der Waals surface area contributed by atoms with E-state index in [1.165, 1.54) is 0 Å². The minimum atomic E-state index is -0.163. The number of pyridine rings is 1. The van der Waals surface area contributed by atoms with E-state index in [-0.39, 0.29) is 5.60 Å². The van der Waals surface area contributed by atoms with Crippen LogP contribution in [0.25, 0.3) is 0 Å². The zero-order valence-corrected chi connectivity index (χ0v) is 10.9. The highest BCUT2D eigenvalue weighted by molar-refractivity contribution is 5.23. The predicted octanol–water partition coefficient (Wildman–Crippen LogP) is 2.76. The van der Waals surface area contributed by atoms with Gasteiger partial charge in [0.15, 0.2) is 0 Å². The van der Waals surface area contributed by atoms with Crippen molar-refractivity contribution in [2.24, 2.45) is 0 Å². The van der Waals surface area contributed by atoms with E-state index >= 15 is 0 Å². The average molecular weight is 222 g/mol. The summed E-state index contributed by atoms with van der Waals surface area (Å²) in [6, 6.07) is 4.35. The number of hydrogen-bond acceptors (Lipinski definition) is 3. The summed E-state index contributed by atoms with van der Waals surface area (Å²) >= 11 is 0. The lowest BCUT2D eigenvalue weighted by atomic mass is 10.2. The van der Waals surface area contributed by atoms with Crippen LogP contribution in [0.5, 0.6) is 5.75 Å². The average Bonchev–Trinajstić information content (AvgIpc) is 2.12. The molecule has 0 fully saturated rings. The fourth-order valence-corrected chi connectivity index (χ4v) is 1.28. The van der Waals surface area contributed by atoms with Crippen LogP contribution in [0.2, 0.25) is 0 Å². The van der Waals surface area contributed by atoms with Crippen molar-refractivity contribution < 1.29 is 4.74 Å². The van der Waals surface area contributed by atoms with Crippen molar-refractivity contribution >= 4 is 0 Å². The van der Waals surface area contributed by atoms with Gasteiger partial charge in [0.2, 0.25) is 0 Å². The van der Waals surface area contributed by atoms with Crippen LogP contribution in [-0.2, 0) is 6.54 Å². The Morgan fingerprint density at radius 3 is 2.62 bits per heavy atom. The molecule has 0 aromatic carbocycles. The smallest absolute Gasteiger partial charge is 0.123 e. The highest BCUT2D eigenvalue weighted by Gasteiger charge is 2.11. The van der Waals surface area contributed by atoms with Crippen LogP contribution in [0.15, 0.2) is 18.3 Å². The van der Waals surface area contributed by atoms with Gasteiger partial charge in [-0.1, -0.05) is 13.8 Å². The maximum atomic E-state index is 5.78. The van der Waals surface area contributed by atoms with Gasteiger partial charge in [0.25, 0.3) is 0 Å². The molecule has 0 aliphatic heterocycles. The first-order valence-corrected chi connectivity index (χ1v) is 5.74. The molecule has 0 atom stereocenters. The van der Waals surface area contributed by atoms with Crippen molar-refractivity contribution in [1.29, 1.82) is 0 Å². The standard InChI is InChI=1S/C13H22N2O/c1-10(2)15-9-11-8-12(6-7-14-11)16-13(3,4)5/h6-8,10,15H,9H2,1-5H3. The van der Waals surface area contributed by atoms with Crippen LogP contribution in [0.3, 0.4) is 0 Å². The summed E-state index contributed by atoms with van der Waals surface area (Å²) in [5.41, 5.74) is 0.847. The number of ether oxygens (including phenoxy) is 1. The van der Waals surface area contributed by atoms with Crippen LogP contribution in [-0.4, -0.2) is 16.6 Å². The molecule has 90 valence electrons. The summed E-state index contributed by atoms with van der Waals surface area (Å²) < 4.78 is 5.78. The normalized spacial score (nSPS) is 11.9. The van der Waals surface area contributed by atoms with Gasteiger partial charge in [-0.15, -0.1) is 0 Å². The van der Waals surface area contributed by atoms with Crippen LogP contribution >= 0.6 is 0 Å². The Bertz CT molecular complexity index is 329. The molecule has 1 aromatic heterocycles. The number of nitrogens with one attached hydrogen (secondary N) is 1. The largest absolute Gasteiger partial charge is 0.488 e. The molecular weight excluding hydrogens is 200 g/mol. The molecule has 3 nitrogen and oxygen atoms in total. The van der Waals surface area contributed by atoms with E-state index < -0.39 is 0 Å². The zero-order valence-electron chi connectivity index (χ0n) is 10.9.